The van der Waals surface area contributed by atoms with Crippen molar-refractivity contribution in [2.75, 3.05) is 0 Å². The van der Waals surface area contributed by atoms with Gasteiger partial charge in [-0.2, -0.15) is 0 Å². The molecule has 0 fully saturated rings. The molecule has 0 bridgehead atoms. The zero-order valence-electron chi connectivity index (χ0n) is 11.3. The predicted molar refractivity (Wildman–Crippen MR) is 74.1 cm³/mol. The molecule has 0 saturated carbocycles. The van der Waals surface area contributed by atoms with Gasteiger partial charge in [-0.25, -0.2) is 0 Å². The first-order valence-corrected chi connectivity index (χ1v) is 7.34. The number of carbonyl (C=O) groups is 1. The molecule has 0 spiro atoms. The Balaban J connectivity index is 2.29. The van der Waals surface area contributed by atoms with Crippen molar-refractivity contribution >= 4 is 17.3 Å². The van der Waals surface area contributed by atoms with Crippen LogP contribution in [0.1, 0.15) is 68.2 Å². The minimum Gasteiger partial charge on any atom is -0.288 e. The van der Waals surface area contributed by atoms with E-state index in [1.54, 1.807) is 0 Å². The number of allylic oxidation sites excluding steroid dienone is 2. The highest BCUT2D eigenvalue weighted by atomic mass is 32.1. The van der Waals surface area contributed by atoms with Crippen molar-refractivity contribution in [1.82, 2.24) is 9.59 Å². The van der Waals surface area contributed by atoms with E-state index in [0.717, 1.165) is 35.4 Å². The molecule has 1 aliphatic rings. The first-order valence-electron chi connectivity index (χ1n) is 6.56. The van der Waals surface area contributed by atoms with Gasteiger partial charge in [-0.1, -0.05) is 37.8 Å². The van der Waals surface area contributed by atoms with Crippen LogP contribution in [0.15, 0.2) is 11.6 Å². The summed E-state index contributed by atoms with van der Waals surface area (Å²) in [5.74, 6) is 0.150. The lowest BCUT2D eigenvalue weighted by molar-refractivity contribution is 0.103. The summed E-state index contributed by atoms with van der Waals surface area (Å²) in [6.45, 7) is 6.21. The van der Waals surface area contributed by atoms with E-state index >= 15 is 0 Å². The summed E-state index contributed by atoms with van der Waals surface area (Å²) in [6.07, 6.45) is 7.58. The second kappa shape index (κ2) is 5.31. The summed E-state index contributed by atoms with van der Waals surface area (Å²) in [5.41, 5.74) is 1.68. The Hall–Kier alpha value is -1.03. The number of hydrogen-bond acceptors (Lipinski definition) is 4. The lowest BCUT2D eigenvalue weighted by Gasteiger charge is -2.16. The lowest BCUT2D eigenvalue weighted by atomic mass is 9.89. The maximum Gasteiger partial charge on any atom is 0.202 e. The molecule has 2 rings (SSSR count). The van der Waals surface area contributed by atoms with E-state index < -0.39 is 0 Å². The van der Waals surface area contributed by atoms with Crippen molar-refractivity contribution in [3.05, 3.63) is 22.2 Å². The van der Waals surface area contributed by atoms with Gasteiger partial charge in [0.05, 0.1) is 5.69 Å². The molecule has 1 heterocycles. The van der Waals surface area contributed by atoms with Crippen LogP contribution in [-0.2, 0) is 5.41 Å². The highest BCUT2D eigenvalue weighted by molar-refractivity contribution is 7.08. The number of nitrogens with zero attached hydrogens (tertiary/aromatic N) is 2. The van der Waals surface area contributed by atoms with Crippen molar-refractivity contribution < 1.29 is 4.79 Å². The first-order chi connectivity index (χ1) is 8.50. The van der Waals surface area contributed by atoms with Gasteiger partial charge in [-0.15, -0.1) is 5.10 Å². The van der Waals surface area contributed by atoms with Gasteiger partial charge >= 0.3 is 0 Å². The number of Topliss-reactive ketones (excluding diaryl/α,β-unsaturated/α-hetero) is 1. The van der Waals surface area contributed by atoms with Gasteiger partial charge in [-0.05, 0) is 42.8 Å². The number of hydrogen-bond donors (Lipinski definition) is 0. The van der Waals surface area contributed by atoms with E-state index in [1.807, 2.05) is 0 Å². The van der Waals surface area contributed by atoms with Crippen LogP contribution in [0.5, 0.6) is 0 Å². The standard InChI is InChI=1S/C14H20N2OS/c1-14(2,3)13-12(18-16-15-13)11(17)10-8-6-4-5-7-9-10/h8H,4-7,9H2,1-3H3. The molecule has 1 aliphatic carbocycles. The summed E-state index contributed by atoms with van der Waals surface area (Å²) < 4.78 is 3.97. The fraction of sp³-hybridized carbons (Fsp3) is 0.643. The molecule has 0 atom stereocenters. The summed E-state index contributed by atoms with van der Waals surface area (Å²) >= 11 is 1.23. The Morgan fingerprint density at radius 2 is 2.06 bits per heavy atom. The molecule has 0 aromatic carbocycles. The third kappa shape index (κ3) is 2.86. The Labute approximate surface area is 112 Å². The maximum absolute atomic E-state index is 12.5. The quantitative estimate of drug-likeness (QED) is 0.761. The third-order valence-electron chi connectivity index (χ3n) is 3.24. The second-order valence-electron chi connectivity index (χ2n) is 5.86. The molecule has 1 aromatic rings. The number of ketones is 1. The molecule has 0 aliphatic heterocycles. The SMILES string of the molecule is CC(C)(C)c1nnsc1C(=O)C1=CCCCCC1. The molecule has 18 heavy (non-hydrogen) atoms. The molecule has 0 radical (unpaired) electrons. The first kappa shape index (κ1) is 13.4. The number of aromatic nitrogens is 2. The molecular formula is C14H20N2OS. The van der Waals surface area contributed by atoms with Gasteiger partial charge in [-0.3, -0.25) is 4.79 Å². The normalized spacial score (nSPS) is 17.2. The molecule has 0 unspecified atom stereocenters. The van der Waals surface area contributed by atoms with E-state index in [-0.39, 0.29) is 11.2 Å². The second-order valence-corrected chi connectivity index (χ2v) is 6.61. The Morgan fingerprint density at radius 3 is 2.78 bits per heavy atom. The summed E-state index contributed by atoms with van der Waals surface area (Å²) in [6, 6.07) is 0. The smallest absolute Gasteiger partial charge is 0.202 e. The van der Waals surface area contributed by atoms with Crippen LogP contribution < -0.4 is 0 Å². The molecule has 4 heteroatoms. The lowest BCUT2D eigenvalue weighted by Crippen LogP contribution is -2.17. The van der Waals surface area contributed by atoms with Crippen molar-refractivity contribution in [3.63, 3.8) is 0 Å². The molecule has 0 N–H and O–H groups in total. The van der Waals surface area contributed by atoms with Crippen LogP contribution in [0.4, 0.5) is 0 Å². The zero-order valence-corrected chi connectivity index (χ0v) is 12.1. The van der Waals surface area contributed by atoms with Crippen LogP contribution >= 0.6 is 11.5 Å². The van der Waals surface area contributed by atoms with E-state index in [4.69, 9.17) is 0 Å². The van der Waals surface area contributed by atoms with Crippen molar-refractivity contribution in [2.24, 2.45) is 0 Å². The molecule has 1 aromatic heterocycles. The average Bonchev–Trinajstić information content (AvgIpc) is 2.64. The summed E-state index contributed by atoms with van der Waals surface area (Å²) in [5, 5.41) is 4.15. The minimum absolute atomic E-state index is 0.122. The van der Waals surface area contributed by atoms with Crippen molar-refractivity contribution in [3.8, 4) is 0 Å². The van der Waals surface area contributed by atoms with Gasteiger partial charge in [0, 0.05) is 5.41 Å². The van der Waals surface area contributed by atoms with Crippen LogP contribution in [0.25, 0.3) is 0 Å². The molecular weight excluding hydrogens is 244 g/mol. The Morgan fingerprint density at radius 1 is 1.28 bits per heavy atom. The van der Waals surface area contributed by atoms with E-state index in [1.165, 1.54) is 24.4 Å². The van der Waals surface area contributed by atoms with Crippen LogP contribution in [-0.4, -0.2) is 15.4 Å². The van der Waals surface area contributed by atoms with E-state index in [0.29, 0.717) is 0 Å². The van der Waals surface area contributed by atoms with Crippen LogP contribution in [0.2, 0.25) is 0 Å². The molecule has 98 valence electrons. The van der Waals surface area contributed by atoms with Gasteiger partial charge in [0.2, 0.25) is 5.78 Å². The van der Waals surface area contributed by atoms with Gasteiger partial charge in [0.15, 0.2) is 0 Å². The number of carbonyl (C=O) groups excluding carboxylic acids is 1. The van der Waals surface area contributed by atoms with E-state index in [2.05, 4.69) is 36.4 Å². The largest absolute Gasteiger partial charge is 0.288 e. The topological polar surface area (TPSA) is 42.9 Å². The molecule has 0 saturated heterocycles. The van der Waals surface area contributed by atoms with E-state index in [9.17, 15) is 4.79 Å². The minimum atomic E-state index is -0.122. The Kier molecular flexibility index (Phi) is 3.95. The maximum atomic E-state index is 12.5. The zero-order chi connectivity index (χ0) is 13.2. The third-order valence-corrected chi connectivity index (χ3v) is 3.96. The monoisotopic (exact) mass is 264 g/mol. The summed E-state index contributed by atoms with van der Waals surface area (Å²) in [7, 11) is 0. The summed E-state index contributed by atoms with van der Waals surface area (Å²) in [4.78, 5) is 13.3. The molecule has 3 nitrogen and oxygen atoms in total. The van der Waals surface area contributed by atoms with Gasteiger partial charge in [0.25, 0.3) is 0 Å². The van der Waals surface area contributed by atoms with Crippen molar-refractivity contribution in [1.29, 1.82) is 0 Å². The fourth-order valence-electron chi connectivity index (χ4n) is 2.20. The van der Waals surface area contributed by atoms with Crippen molar-refractivity contribution in [2.45, 2.75) is 58.3 Å². The predicted octanol–water partition coefficient (Wildman–Crippen LogP) is 3.91. The highest BCUT2D eigenvalue weighted by Crippen LogP contribution is 2.29. The van der Waals surface area contributed by atoms with Crippen LogP contribution in [0.3, 0.4) is 0 Å². The molecule has 0 amide bonds. The van der Waals surface area contributed by atoms with Crippen LogP contribution in [0, 0.1) is 0 Å². The number of rotatable bonds is 2. The van der Waals surface area contributed by atoms with Gasteiger partial charge in [0.1, 0.15) is 4.88 Å². The highest BCUT2D eigenvalue weighted by Gasteiger charge is 2.27. The average molecular weight is 264 g/mol. The fourth-order valence-corrected chi connectivity index (χ4v) is 3.05. The van der Waals surface area contributed by atoms with Gasteiger partial charge < -0.3 is 0 Å². The Bertz CT molecular complexity index is 468.